The zero-order valence-electron chi connectivity index (χ0n) is 16.5. The SMILES string of the molecule is O=C(c1ccccc1F)N1CCN(CC(=O)N2CCC[C@@H]3CCCC[C@H]32)CC1. The van der Waals surface area contributed by atoms with Crippen molar-refractivity contribution < 1.29 is 14.0 Å². The van der Waals surface area contributed by atoms with E-state index in [0.29, 0.717) is 44.7 Å². The van der Waals surface area contributed by atoms with Gasteiger partial charge in [-0.05, 0) is 43.7 Å². The molecule has 0 bridgehead atoms. The van der Waals surface area contributed by atoms with Gasteiger partial charge in [-0.15, -0.1) is 0 Å². The van der Waals surface area contributed by atoms with Crippen LogP contribution in [0.3, 0.4) is 0 Å². The van der Waals surface area contributed by atoms with Crippen LogP contribution in [0.15, 0.2) is 24.3 Å². The van der Waals surface area contributed by atoms with Crippen LogP contribution in [-0.4, -0.2) is 71.8 Å². The molecule has 3 aliphatic rings. The Morgan fingerprint density at radius 2 is 1.64 bits per heavy atom. The smallest absolute Gasteiger partial charge is 0.256 e. The molecule has 2 aliphatic heterocycles. The molecule has 152 valence electrons. The predicted octanol–water partition coefficient (Wildman–Crippen LogP) is 2.76. The average Bonchev–Trinajstić information content (AvgIpc) is 2.73. The third-order valence-electron chi connectivity index (χ3n) is 6.69. The van der Waals surface area contributed by atoms with E-state index < -0.39 is 5.82 Å². The van der Waals surface area contributed by atoms with Crippen molar-refractivity contribution in [2.75, 3.05) is 39.3 Å². The highest BCUT2D eigenvalue weighted by atomic mass is 19.1. The number of hydrogen-bond acceptors (Lipinski definition) is 3. The molecule has 1 aromatic rings. The maximum atomic E-state index is 13.9. The van der Waals surface area contributed by atoms with E-state index in [2.05, 4.69) is 9.80 Å². The van der Waals surface area contributed by atoms with Gasteiger partial charge in [0.05, 0.1) is 12.1 Å². The van der Waals surface area contributed by atoms with Crippen LogP contribution < -0.4 is 0 Å². The van der Waals surface area contributed by atoms with Gasteiger partial charge in [-0.1, -0.05) is 25.0 Å². The van der Waals surface area contributed by atoms with Crippen LogP contribution in [0, 0.1) is 11.7 Å². The molecule has 0 N–H and O–H groups in total. The van der Waals surface area contributed by atoms with Gasteiger partial charge in [0.15, 0.2) is 0 Å². The van der Waals surface area contributed by atoms with Crippen LogP contribution >= 0.6 is 0 Å². The van der Waals surface area contributed by atoms with Gasteiger partial charge in [0.25, 0.3) is 5.91 Å². The zero-order valence-corrected chi connectivity index (χ0v) is 16.5. The third-order valence-corrected chi connectivity index (χ3v) is 6.69. The van der Waals surface area contributed by atoms with Gasteiger partial charge in [-0.25, -0.2) is 4.39 Å². The largest absolute Gasteiger partial charge is 0.338 e. The molecule has 0 radical (unpaired) electrons. The van der Waals surface area contributed by atoms with Gasteiger partial charge in [-0.2, -0.15) is 0 Å². The first-order valence-electron chi connectivity index (χ1n) is 10.7. The van der Waals surface area contributed by atoms with Crippen molar-refractivity contribution in [1.29, 1.82) is 0 Å². The standard InChI is InChI=1S/C22H30FN3O2/c23-19-9-3-2-8-18(19)22(28)25-14-12-24(13-15-25)16-21(27)26-11-5-7-17-6-1-4-10-20(17)26/h2-3,8-9,17,20H,1,4-7,10-16H2/t17-,20+/m0/s1. The molecule has 1 aromatic carbocycles. The summed E-state index contributed by atoms with van der Waals surface area (Å²) >= 11 is 0. The van der Waals surface area contributed by atoms with Crippen molar-refractivity contribution in [3.8, 4) is 0 Å². The summed E-state index contributed by atoms with van der Waals surface area (Å²) in [6.07, 6.45) is 7.36. The van der Waals surface area contributed by atoms with E-state index in [9.17, 15) is 14.0 Å². The van der Waals surface area contributed by atoms with Gasteiger partial charge >= 0.3 is 0 Å². The van der Waals surface area contributed by atoms with Crippen molar-refractivity contribution in [3.63, 3.8) is 0 Å². The summed E-state index contributed by atoms with van der Waals surface area (Å²) in [5.41, 5.74) is 0.128. The minimum Gasteiger partial charge on any atom is -0.338 e. The number of amides is 2. The maximum absolute atomic E-state index is 13.9. The first-order chi connectivity index (χ1) is 13.6. The monoisotopic (exact) mass is 387 g/mol. The zero-order chi connectivity index (χ0) is 19.5. The summed E-state index contributed by atoms with van der Waals surface area (Å²) in [5, 5.41) is 0. The molecule has 6 heteroatoms. The molecule has 0 aromatic heterocycles. The summed E-state index contributed by atoms with van der Waals surface area (Å²) in [6, 6.07) is 6.57. The van der Waals surface area contributed by atoms with E-state index in [0.717, 1.165) is 19.4 Å². The fourth-order valence-corrected chi connectivity index (χ4v) is 5.13. The Morgan fingerprint density at radius 3 is 2.43 bits per heavy atom. The molecule has 0 spiro atoms. The molecule has 0 unspecified atom stereocenters. The van der Waals surface area contributed by atoms with E-state index in [1.807, 2.05) is 0 Å². The Morgan fingerprint density at radius 1 is 0.929 bits per heavy atom. The van der Waals surface area contributed by atoms with E-state index in [1.54, 1.807) is 17.0 Å². The lowest BCUT2D eigenvalue weighted by atomic mass is 9.78. The van der Waals surface area contributed by atoms with Crippen molar-refractivity contribution >= 4 is 11.8 Å². The summed E-state index contributed by atoms with van der Waals surface area (Å²) in [7, 11) is 0. The lowest BCUT2D eigenvalue weighted by Gasteiger charge is -2.45. The minimum absolute atomic E-state index is 0.128. The summed E-state index contributed by atoms with van der Waals surface area (Å²) < 4.78 is 13.9. The van der Waals surface area contributed by atoms with E-state index in [1.165, 1.54) is 37.8 Å². The quantitative estimate of drug-likeness (QED) is 0.801. The number of hydrogen-bond donors (Lipinski definition) is 0. The van der Waals surface area contributed by atoms with E-state index >= 15 is 0 Å². The number of nitrogens with zero attached hydrogens (tertiary/aromatic N) is 3. The Labute approximate surface area is 166 Å². The molecule has 3 fully saturated rings. The highest BCUT2D eigenvalue weighted by molar-refractivity contribution is 5.94. The lowest BCUT2D eigenvalue weighted by Crippen LogP contribution is -2.55. The number of piperazine rings is 1. The second kappa shape index (κ2) is 8.60. The second-order valence-corrected chi connectivity index (χ2v) is 8.39. The highest BCUT2D eigenvalue weighted by Crippen LogP contribution is 2.35. The first kappa shape index (κ1) is 19.4. The Kier molecular flexibility index (Phi) is 5.95. The average molecular weight is 387 g/mol. The predicted molar refractivity (Wildman–Crippen MR) is 105 cm³/mol. The Hall–Kier alpha value is -1.95. The molecule has 1 saturated carbocycles. The summed E-state index contributed by atoms with van der Waals surface area (Å²) in [4.78, 5) is 31.5. The van der Waals surface area contributed by atoms with Crippen molar-refractivity contribution in [2.24, 2.45) is 5.92 Å². The van der Waals surface area contributed by atoms with Gasteiger partial charge in [-0.3, -0.25) is 14.5 Å². The molecule has 4 rings (SSSR count). The molecule has 2 heterocycles. The van der Waals surface area contributed by atoms with Crippen molar-refractivity contribution in [1.82, 2.24) is 14.7 Å². The van der Waals surface area contributed by atoms with Crippen LogP contribution in [0.1, 0.15) is 48.9 Å². The topological polar surface area (TPSA) is 43.9 Å². The normalized spacial score (nSPS) is 26.0. The van der Waals surface area contributed by atoms with Gasteiger partial charge < -0.3 is 9.80 Å². The molecule has 2 atom stereocenters. The Balaban J connectivity index is 1.30. The summed E-state index contributed by atoms with van der Waals surface area (Å²) in [5.74, 6) is 0.203. The van der Waals surface area contributed by atoms with Gasteiger partial charge in [0.2, 0.25) is 5.91 Å². The van der Waals surface area contributed by atoms with Crippen LogP contribution in [0.5, 0.6) is 0 Å². The number of fused-ring (bicyclic) bond motifs is 1. The lowest BCUT2D eigenvalue weighted by molar-refractivity contribution is -0.139. The van der Waals surface area contributed by atoms with Crippen LogP contribution in [0.2, 0.25) is 0 Å². The molecule has 2 saturated heterocycles. The Bertz CT molecular complexity index is 715. The number of halogens is 1. The van der Waals surface area contributed by atoms with Crippen molar-refractivity contribution in [3.05, 3.63) is 35.6 Å². The van der Waals surface area contributed by atoms with Gasteiger partial charge in [0.1, 0.15) is 5.82 Å². The number of carbonyl (C=O) groups excluding carboxylic acids is 2. The fraction of sp³-hybridized carbons (Fsp3) is 0.636. The highest BCUT2D eigenvalue weighted by Gasteiger charge is 2.36. The van der Waals surface area contributed by atoms with Gasteiger partial charge in [0, 0.05) is 38.8 Å². The molecular formula is C22H30FN3O2. The fourth-order valence-electron chi connectivity index (χ4n) is 5.13. The molecular weight excluding hydrogens is 357 g/mol. The van der Waals surface area contributed by atoms with E-state index in [-0.39, 0.29) is 17.4 Å². The maximum Gasteiger partial charge on any atom is 0.256 e. The number of benzene rings is 1. The van der Waals surface area contributed by atoms with E-state index in [4.69, 9.17) is 0 Å². The minimum atomic E-state index is -0.475. The number of likely N-dealkylation sites (tertiary alicyclic amines) is 1. The number of carbonyl (C=O) groups is 2. The van der Waals surface area contributed by atoms with Crippen LogP contribution in [0.25, 0.3) is 0 Å². The second-order valence-electron chi connectivity index (χ2n) is 8.39. The first-order valence-corrected chi connectivity index (χ1v) is 10.7. The van der Waals surface area contributed by atoms with Crippen molar-refractivity contribution in [2.45, 2.75) is 44.6 Å². The molecule has 1 aliphatic carbocycles. The van der Waals surface area contributed by atoms with Crippen LogP contribution in [-0.2, 0) is 4.79 Å². The third kappa shape index (κ3) is 4.07. The number of piperidine rings is 1. The number of rotatable bonds is 3. The molecule has 5 nitrogen and oxygen atoms in total. The molecule has 2 amide bonds. The molecule has 28 heavy (non-hydrogen) atoms. The van der Waals surface area contributed by atoms with Crippen LogP contribution in [0.4, 0.5) is 4.39 Å². The summed E-state index contributed by atoms with van der Waals surface area (Å²) in [6.45, 7) is 3.72.